The third kappa shape index (κ3) is 5.68. The summed E-state index contributed by atoms with van der Waals surface area (Å²) in [5.41, 5.74) is 6.63. The maximum absolute atomic E-state index is 5.73. The van der Waals surface area contributed by atoms with E-state index in [2.05, 4.69) is 11.9 Å². The lowest BCUT2D eigenvalue weighted by atomic mass is 10.2. The van der Waals surface area contributed by atoms with Crippen molar-refractivity contribution in [2.24, 2.45) is 5.73 Å². The second-order valence-electron chi connectivity index (χ2n) is 4.47. The van der Waals surface area contributed by atoms with Crippen LogP contribution >= 0.6 is 0 Å². The zero-order chi connectivity index (χ0) is 12.5. The lowest BCUT2D eigenvalue weighted by Crippen LogP contribution is -2.07. The molecule has 0 aliphatic heterocycles. The molecule has 1 atom stereocenters. The summed E-state index contributed by atoms with van der Waals surface area (Å²) >= 11 is 0. The smallest absolute Gasteiger partial charge is 0.137 e. The van der Waals surface area contributed by atoms with E-state index in [9.17, 15) is 0 Å². The molecular weight excluding hydrogens is 212 g/mol. The summed E-state index contributed by atoms with van der Waals surface area (Å²) in [7, 11) is 0. The highest BCUT2D eigenvalue weighted by Crippen LogP contribution is 2.13. The second-order valence-corrected chi connectivity index (χ2v) is 4.47. The molecular formula is C14H24N2O. The van der Waals surface area contributed by atoms with E-state index >= 15 is 0 Å². The van der Waals surface area contributed by atoms with Gasteiger partial charge in [0.25, 0.3) is 0 Å². The van der Waals surface area contributed by atoms with Crippen LogP contribution in [0.3, 0.4) is 0 Å². The monoisotopic (exact) mass is 236 g/mol. The van der Waals surface area contributed by atoms with Crippen LogP contribution in [0.25, 0.3) is 0 Å². The van der Waals surface area contributed by atoms with Gasteiger partial charge >= 0.3 is 0 Å². The molecule has 0 aliphatic carbocycles. The summed E-state index contributed by atoms with van der Waals surface area (Å²) in [6.07, 6.45) is 8.04. The lowest BCUT2D eigenvalue weighted by molar-refractivity contribution is 0.303. The molecule has 1 aromatic heterocycles. The molecule has 0 radical (unpaired) electrons. The van der Waals surface area contributed by atoms with E-state index in [1.54, 1.807) is 6.20 Å². The van der Waals surface area contributed by atoms with E-state index in [0.717, 1.165) is 24.5 Å². The predicted octanol–water partition coefficient (Wildman–Crippen LogP) is 3.45. The minimum Gasteiger partial charge on any atom is -0.492 e. The average molecular weight is 236 g/mol. The average Bonchev–Trinajstić information content (AvgIpc) is 2.34. The van der Waals surface area contributed by atoms with Crippen molar-refractivity contribution < 1.29 is 4.74 Å². The molecule has 0 saturated heterocycles. The Kier molecular flexibility index (Phi) is 6.63. The number of pyridine rings is 1. The molecule has 2 N–H and O–H groups in total. The van der Waals surface area contributed by atoms with E-state index in [4.69, 9.17) is 10.5 Å². The quantitative estimate of drug-likeness (QED) is 0.703. The van der Waals surface area contributed by atoms with Crippen molar-refractivity contribution in [3.63, 3.8) is 0 Å². The van der Waals surface area contributed by atoms with Gasteiger partial charge in [-0.1, -0.05) is 32.6 Å². The van der Waals surface area contributed by atoms with Crippen LogP contribution in [0.2, 0.25) is 0 Å². The Bertz CT molecular complexity index is 296. The van der Waals surface area contributed by atoms with Crippen molar-refractivity contribution >= 4 is 0 Å². The van der Waals surface area contributed by atoms with Crippen LogP contribution in [0.4, 0.5) is 0 Å². The molecule has 0 amide bonds. The van der Waals surface area contributed by atoms with Gasteiger partial charge in [-0.05, 0) is 25.5 Å². The number of unbranched alkanes of at least 4 members (excludes halogenated alkanes) is 4. The minimum absolute atomic E-state index is 0.0157. The molecule has 0 aromatic carbocycles. The molecule has 1 unspecified atom stereocenters. The van der Waals surface area contributed by atoms with Gasteiger partial charge in [-0.15, -0.1) is 0 Å². The lowest BCUT2D eigenvalue weighted by Gasteiger charge is -2.08. The van der Waals surface area contributed by atoms with E-state index in [0.29, 0.717) is 0 Å². The zero-order valence-electron chi connectivity index (χ0n) is 11.0. The fourth-order valence-electron chi connectivity index (χ4n) is 1.64. The molecule has 0 aliphatic rings. The van der Waals surface area contributed by atoms with Gasteiger partial charge in [-0.25, -0.2) is 0 Å². The van der Waals surface area contributed by atoms with Crippen LogP contribution in [-0.4, -0.2) is 11.6 Å². The molecule has 1 rings (SSSR count). The van der Waals surface area contributed by atoms with Crippen molar-refractivity contribution in [1.29, 1.82) is 0 Å². The van der Waals surface area contributed by atoms with Crippen LogP contribution in [0.1, 0.15) is 57.7 Å². The Labute approximate surface area is 104 Å². The van der Waals surface area contributed by atoms with Crippen LogP contribution in [0, 0.1) is 0 Å². The molecule has 0 fully saturated rings. The van der Waals surface area contributed by atoms with Crippen LogP contribution in [0.15, 0.2) is 18.3 Å². The normalized spacial score (nSPS) is 12.4. The first kappa shape index (κ1) is 14.0. The topological polar surface area (TPSA) is 48.1 Å². The molecule has 3 heteroatoms. The standard InChI is InChI=1S/C14H24N2O/c1-3-4-5-6-7-10-17-13-8-9-14(12(2)15)16-11-13/h8-9,11-12H,3-7,10,15H2,1-2H3. The summed E-state index contributed by atoms with van der Waals surface area (Å²) in [6, 6.07) is 3.85. The molecule has 1 aromatic rings. The first-order chi connectivity index (χ1) is 8.24. The van der Waals surface area contributed by atoms with E-state index in [1.807, 2.05) is 19.1 Å². The number of nitrogens with two attached hydrogens (primary N) is 1. The van der Waals surface area contributed by atoms with Crippen LogP contribution in [0.5, 0.6) is 5.75 Å². The van der Waals surface area contributed by atoms with Crippen LogP contribution < -0.4 is 10.5 Å². The molecule has 96 valence electrons. The molecule has 17 heavy (non-hydrogen) atoms. The van der Waals surface area contributed by atoms with Gasteiger partial charge in [-0.3, -0.25) is 4.98 Å². The number of aromatic nitrogens is 1. The van der Waals surface area contributed by atoms with Gasteiger partial charge in [-0.2, -0.15) is 0 Å². The summed E-state index contributed by atoms with van der Waals surface area (Å²) in [5, 5.41) is 0. The molecule has 0 saturated carbocycles. The fourth-order valence-corrected chi connectivity index (χ4v) is 1.64. The Hall–Kier alpha value is -1.09. The first-order valence-electron chi connectivity index (χ1n) is 6.58. The Balaban J connectivity index is 2.19. The van der Waals surface area contributed by atoms with Crippen molar-refractivity contribution in [3.05, 3.63) is 24.0 Å². The van der Waals surface area contributed by atoms with Crippen molar-refractivity contribution in [2.75, 3.05) is 6.61 Å². The summed E-state index contributed by atoms with van der Waals surface area (Å²) in [5.74, 6) is 0.838. The largest absolute Gasteiger partial charge is 0.492 e. The second kappa shape index (κ2) is 8.07. The zero-order valence-corrected chi connectivity index (χ0v) is 11.0. The van der Waals surface area contributed by atoms with Gasteiger partial charge in [0.2, 0.25) is 0 Å². The summed E-state index contributed by atoms with van der Waals surface area (Å²) in [4.78, 5) is 4.26. The molecule has 3 nitrogen and oxygen atoms in total. The number of nitrogens with zero attached hydrogens (tertiary/aromatic N) is 1. The van der Waals surface area contributed by atoms with E-state index in [1.165, 1.54) is 25.7 Å². The van der Waals surface area contributed by atoms with Gasteiger partial charge in [0, 0.05) is 6.04 Å². The third-order valence-electron chi connectivity index (χ3n) is 2.74. The summed E-state index contributed by atoms with van der Waals surface area (Å²) in [6.45, 7) is 4.93. The first-order valence-corrected chi connectivity index (χ1v) is 6.58. The van der Waals surface area contributed by atoms with Gasteiger partial charge in [0.05, 0.1) is 18.5 Å². The highest BCUT2D eigenvalue weighted by Gasteiger charge is 2.01. The van der Waals surface area contributed by atoms with Crippen molar-refractivity contribution in [3.8, 4) is 5.75 Å². The van der Waals surface area contributed by atoms with E-state index < -0.39 is 0 Å². The fraction of sp³-hybridized carbons (Fsp3) is 0.643. The number of ether oxygens (including phenoxy) is 1. The SMILES string of the molecule is CCCCCCCOc1ccc(C(C)N)nc1. The highest BCUT2D eigenvalue weighted by molar-refractivity contribution is 5.21. The minimum atomic E-state index is -0.0157. The van der Waals surface area contributed by atoms with Crippen molar-refractivity contribution in [1.82, 2.24) is 4.98 Å². The molecule has 0 bridgehead atoms. The Morgan fingerprint density at radius 1 is 1.24 bits per heavy atom. The van der Waals surface area contributed by atoms with Crippen LogP contribution in [-0.2, 0) is 0 Å². The highest BCUT2D eigenvalue weighted by atomic mass is 16.5. The summed E-state index contributed by atoms with van der Waals surface area (Å²) < 4.78 is 5.62. The number of hydrogen-bond donors (Lipinski definition) is 1. The maximum Gasteiger partial charge on any atom is 0.137 e. The van der Waals surface area contributed by atoms with Gasteiger partial charge in [0.1, 0.15) is 5.75 Å². The number of hydrogen-bond acceptors (Lipinski definition) is 3. The third-order valence-corrected chi connectivity index (χ3v) is 2.74. The Morgan fingerprint density at radius 2 is 2.00 bits per heavy atom. The molecule has 0 spiro atoms. The van der Waals surface area contributed by atoms with Gasteiger partial charge in [0.15, 0.2) is 0 Å². The Morgan fingerprint density at radius 3 is 2.59 bits per heavy atom. The maximum atomic E-state index is 5.73. The number of rotatable bonds is 8. The van der Waals surface area contributed by atoms with E-state index in [-0.39, 0.29) is 6.04 Å². The van der Waals surface area contributed by atoms with Crippen molar-refractivity contribution in [2.45, 2.75) is 52.0 Å². The predicted molar refractivity (Wildman–Crippen MR) is 71.1 cm³/mol. The van der Waals surface area contributed by atoms with Gasteiger partial charge < -0.3 is 10.5 Å². The molecule has 1 heterocycles.